The number of amides is 1. The number of nitrogens with one attached hydrogen (secondary N) is 1. The van der Waals surface area contributed by atoms with E-state index >= 15 is 0 Å². The number of morpholine rings is 1. The molecule has 19 heavy (non-hydrogen) atoms. The number of hydrogen-bond donors (Lipinski definition) is 2. The summed E-state index contributed by atoms with van der Waals surface area (Å²) in [4.78, 5) is 13.8. The fourth-order valence-electron chi connectivity index (χ4n) is 2.78. The van der Waals surface area contributed by atoms with Crippen LogP contribution >= 0.6 is 0 Å². The van der Waals surface area contributed by atoms with Crippen LogP contribution in [0.15, 0.2) is 24.3 Å². The Balaban J connectivity index is 1.83. The topological polar surface area (TPSA) is 61.8 Å². The molecule has 0 bridgehead atoms. The highest BCUT2D eigenvalue weighted by molar-refractivity contribution is 5.95. The standard InChI is InChI=1S/C14H18N2O3/c17-12-4-2-11(3-5-12)16-10-14(19-8-13(16)18)6-1-7-15-9-14/h2-5,15,17H,1,6-10H2. The fraction of sp³-hybridized carbons (Fsp3) is 0.500. The minimum atomic E-state index is -0.260. The molecule has 2 heterocycles. The van der Waals surface area contributed by atoms with Crippen LogP contribution < -0.4 is 10.2 Å². The van der Waals surface area contributed by atoms with E-state index in [-0.39, 0.29) is 23.9 Å². The molecule has 0 radical (unpaired) electrons. The second-order valence-electron chi connectivity index (χ2n) is 5.25. The number of hydrogen-bond acceptors (Lipinski definition) is 4. The number of phenolic OH excluding ortho intramolecular Hbond substituents is 1. The van der Waals surface area contributed by atoms with Gasteiger partial charge in [-0.25, -0.2) is 0 Å². The lowest BCUT2D eigenvalue weighted by molar-refractivity contribution is -0.140. The van der Waals surface area contributed by atoms with E-state index in [9.17, 15) is 9.90 Å². The minimum Gasteiger partial charge on any atom is -0.508 e. The average Bonchev–Trinajstić information content (AvgIpc) is 2.44. The largest absolute Gasteiger partial charge is 0.508 e. The first-order valence-electron chi connectivity index (χ1n) is 6.63. The predicted octanol–water partition coefficient (Wildman–Crippen LogP) is 0.878. The molecule has 1 unspecified atom stereocenters. The van der Waals surface area contributed by atoms with E-state index in [0.29, 0.717) is 6.54 Å². The van der Waals surface area contributed by atoms with Gasteiger partial charge in [0.15, 0.2) is 0 Å². The predicted molar refractivity (Wildman–Crippen MR) is 71.2 cm³/mol. The molecule has 0 saturated carbocycles. The molecule has 0 aromatic heterocycles. The first-order valence-corrected chi connectivity index (χ1v) is 6.63. The molecule has 1 spiro atoms. The number of phenols is 1. The van der Waals surface area contributed by atoms with Crippen LogP contribution in [0.2, 0.25) is 0 Å². The Morgan fingerprint density at radius 3 is 2.79 bits per heavy atom. The summed E-state index contributed by atoms with van der Waals surface area (Å²) in [5, 5.41) is 12.7. The minimum absolute atomic E-state index is 0.0260. The third-order valence-electron chi connectivity index (χ3n) is 3.84. The number of ether oxygens (including phenoxy) is 1. The first kappa shape index (κ1) is 12.4. The number of benzene rings is 1. The molecule has 5 nitrogen and oxygen atoms in total. The zero-order valence-electron chi connectivity index (χ0n) is 10.8. The summed E-state index contributed by atoms with van der Waals surface area (Å²) in [6.45, 7) is 2.50. The van der Waals surface area contributed by atoms with Gasteiger partial charge in [-0.05, 0) is 43.7 Å². The third-order valence-corrected chi connectivity index (χ3v) is 3.84. The van der Waals surface area contributed by atoms with E-state index in [0.717, 1.165) is 31.6 Å². The summed E-state index contributed by atoms with van der Waals surface area (Å²) in [7, 11) is 0. The molecule has 1 atom stereocenters. The molecule has 102 valence electrons. The Morgan fingerprint density at radius 2 is 2.11 bits per heavy atom. The highest BCUT2D eigenvalue weighted by atomic mass is 16.5. The number of rotatable bonds is 1. The van der Waals surface area contributed by atoms with E-state index in [1.165, 1.54) is 0 Å². The van der Waals surface area contributed by atoms with Gasteiger partial charge in [-0.15, -0.1) is 0 Å². The molecular weight excluding hydrogens is 244 g/mol. The quantitative estimate of drug-likeness (QED) is 0.788. The van der Waals surface area contributed by atoms with Crippen molar-refractivity contribution in [2.45, 2.75) is 18.4 Å². The van der Waals surface area contributed by atoms with Crippen molar-refractivity contribution < 1.29 is 14.6 Å². The molecule has 2 saturated heterocycles. The molecule has 1 aromatic carbocycles. The summed E-state index contributed by atoms with van der Waals surface area (Å²) in [5.41, 5.74) is 0.556. The van der Waals surface area contributed by atoms with Gasteiger partial charge in [0.1, 0.15) is 12.4 Å². The van der Waals surface area contributed by atoms with E-state index in [2.05, 4.69) is 5.32 Å². The number of anilines is 1. The molecule has 1 aromatic rings. The zero-order chi connectivity index (χ0) is 13.3. The van der Waals surface area contributed by atoms with Crippen molar-refractivity contribution >= 4 is 11.6 Å². The van der Waals surface area contributed by atoms with Crippen molar-refractivity contribution in [2.75, 3.05) is 31.1 Å². The van der Waals surface area contributed by atoms with Crippen LogP contribution in [0.25, 0.3) is 0 Å². The number of aromatic hydroxyl groups is 1. The lowest BCUT2D eigenvalue weighted by Crippen LogP contribution is -2.60. The summed E-state index contributed by atoms with van der Waals surface area (Å²) >= 11 is 0. The van der Waals surface area contributed by atoms with Crippen LogP contribution in [0, 0.1) is 0 Å². The molecule has 2 aliphatic rings. The monoisotopic (exact) mass is 262 g/mol. The van der Waals surface area contributed by atoms with Crippen LogP contribution in [-0.4, -0.2) is 42.9 Å². The van der Waals surface area contributed by atoms with Crippen molar-refractivity contribution in [3.05, 3.63) is 24.3 Å². The van der Waals surface area contributed by atoms with Crippen LogP contribution in [0.1, 0.15) is 12.8 Å². The van der Waals surface area contributed by atoms with Gasteiger partial charge >= 0.3 is 0 Å². The second-order valence-corrected chi connectivity index (χ2v) is 5.25. The van der Waals surface area contributed by atoms with Crippen LogP contribution in [0.3, 0.4) is 0 Å². The maximum Gasteiger partial charge on any atom is 0.253 e. The van der Waals surface area contributed by atoms with Gasteiger partial charge in [-0.1, -0.05) is 0 Å². The lowest BCUT2D eigenvalue weighted by atomic mass is 9.91. The first-order chi connectivity index (χ1) is 9.19. The number of nitrogens with zero attached hydrogens (tertiary/aromatic N) is 1. The highest BCUT2D eigenvalue weighted by Crippen LogP contribution is 2.29. The van der Waals surface area contributed by atoms with Crippen molar-refractivity contribution in [2.24, 2.45) is 0 Å². The lowest BCUT2D eigenvalue weighted by Gasteiger charge is -2.44. The Labute approximate surface area is 112 Å². The maximum atomic E-state index is 12.0. The number of carbonyl (C=O) groups excluding carboxylic acids is 1. The van der Waals surface area contributed by atoms with Gasteiger partial charge < -0.3 is 20.1 Å². The van der Waals surface area contributed by atoms with Crippen molar-refractivity contribution in [3.63, 3.8) is 0 Å². The fourth-order valence-corrected chi connectivity index (χ4v) is 2.78. The molecule has 2 N–H and O–H groups in total. The van der Waals surface area contributed by atoms with Gasteiger partial charge in [-0.2, -0.15) is 0 Å². The molecule has 2 fully saturated rings. The van der Waals surface area contributed by atoms with Crippen molar-refractivity contribution in [3.8, 4) is 5.75 Å². The smallest absolute Gasteiger partial charge is 0.253 e. The van der Waals surface area contributed by atoms with Gasteiger partial charge in [0.25, 0.3) is 5.91 Å². The van der Waals surface area contributed by atoms with Gasteiger partial charge in [0.05, 0.1) is 12.1 Å². The molecule has 2 aliphatic heterocycles. The summed E-state index contributed by atoms with van der Waals surface area (Å²) in [6.07, 6.45) is 2.04. The SMILES string of the molecule is O=C1COC2(CCCNC2)CN1c1ccc(O)cc1. The third kappa shape index (κ3) is 2.43. The van der Waals surface area contributed by atoms with Gasteiger partial charge in [0, 0.05) is 12.2 Å². The molecule has 0 aliphatic carbocycles. The second kappa shape index (κ2) is 4.83. The maximum absolute atomic E-state index is 12.0. The van der Waals surface area contributed by atoms with E-state index in [1.807, 2.05) is 0 Å². The Kier molecular flexibility index (Phi) is 3.16. The molecule has 1 amide bonds. The Hall–Kier alpha value is -1.59. The molecule has 3 rings (SSSR count). The number of carbonyl (C=O) groups is 1. The summed E-state index contributed by atoms with van der Waals surface area (Å²) in [5.74, 6) is 0.181. The Morgan fingerprint density at radius 1 is 1.32 bits per heavy atom. The summed E-state index contributed by atoms with van der Waals surface area (Å²) in [6, 6.07) is 6.73. The van der Waals surface area contributed by atoms with E-state index in [4.69, 9.17) is 4.74 Å². The van der Waals surface area contributed by atoms with E-state index < -0.39 is 0 Å². The van der Waals surface area contributed by atoms with E-state index in [1.54, 1.807) is 29.2 Å². The summed E-state index contributed by atoms with van der Waals surface area (Å²) < 4.78 is 5.79. The van der Waals surface area contributed by atoms with Gasteiger partial charge in [-0.3, -0.25) is 4.79 Å². The molecular formula is C14H18N2O3. The highest BCUT2D eigenvalue weighted by Gasteiger charge is 2.41. The van der Waals surface area contributed by atoms with Crippen molar-refractivity contribution in [1.82, 2.24) is 5.32 Å². The van der Waals surface area contributed by atoms with Crippen LogP contribution in [0.5, 0.6) is 5.75 Å². The molecule has 5 heteroatoms. The number of piperidine rings is 1. The van der Waals surface area contributed by atoms with Crippen molar-refractivity contribution in [1.29, 1.82) is 0 Å². The van der Waals surface area contributed by atoms with Crippen LogP contribution in [-0.2, 0) is 9.53 Å². The zero-order valence-corrected chi connectivity index (χ0v) is 10.8. The van der Waals surface area contributed by atoms with Crippen LogP contribution in [0.4, 0.5) is 5.69 Å². The normalized spacial score (nSPS) is 27.8. The Bertz CT molecular complexity index is 466. The average molecular weight is 262 g/mol. The van der Waals surface area contributed by atoms with Gasteiger partial charge in [0.2, 0.25) is 0 Å².